The van der Waals surface area contributed by atoms with Crippen LogP contribution in [0, 0.1) is 17.6 Å². The highest BCUT2D eigenvalue weighted by molar-refractivity contribution is 6.03. The zero-order chi connectivity index (χ0) is 29.4. The number of aliphatic imine (C=N–C) groups is 1. The first-order valence-electron chi connectivity index (χ1n) is 13.6. The van der Waals surface area contributed by atoms with E-state index in [-0.39, 0.29) is 18.1 Å². The van der Waals surface area contributed by atoms with Crippen LogP contribution in [0.25, 0.3) is 0 Å². The maximum absolute atomic E-state index is 13.6. The Labute approximate surface area is 239 Å². The molecule has 1 heterocycles. The van der Waals surface area contributed by atoms with E-state index in [9.17, 15) is 23.8 Å². The normalized spacial score (nSPS) is 17.4. The Morgan fingerprint density at radius 2 is 1.76 bits per heavy atom. The predicted molar refractivity (Wildman–Crippen MR) is 155 cm³/mol. The Morgan fingerprint density at radius 1 is 1.07 bits per heavy atom. The molecule has 1 unspecified atom stereocenters. The lowest BCUT2D eigenvalue weighted by Crippen LogP contribution is -2.55. The monoisotopic (exact) mass is 563 g/mol. The van der Waals surface area contributed by atoms with Crippen LogP contribution in [-0.4, -0.2) is 47.6 Å². The number of rotatable bonds is 14. The van der Waals surface area contributed by atoms with Crippen molar-refractivity contribution in [1.82, 2.24) is 4.90 Å². The molecule has 1 fully saturated rings. The molecule has 7 nitrogen and oxygen atoms in total. The lowest BCUT2D eigenvalue weighted by Gasteiger charge is -2.48. The highest BCUT2D eigenvalue weighted by Gasteiger charge is 2.49. The zero-order valence-corrected chi connectivity index (χ0v) is 23.0. The number of halogens is 2. The summed E-state index contributed by atoms with van der Waals surface area (Å²) in [6.45, 7) is 4.98. The third-order valence-corrected chi connectivity index (χ3v) is 7.22. The molecule has 9 heteroatoms. The Hall–Kier alpha value is -4.24. The number of phenolic OH excluding ortho intramolecular Hbond substituents is 1. The number of phenols is 1. The molecular weight excluding hydrogens is 528 g/mol. The molecule has 216 valence electrons. The molecule has 41 heavy (non-hydrogen) atoms. The maximum atomic E-state index is 13.6. The zero-order valence-electron chi connectivity index (χ0n) is 23.0. The summed E-state index contributed by atoms with van der Waals surface area (Å²) in [5.74, 6) is -1.04. The summed E-state index contributed by atoms with van der Waals surface area (Å²) < 4.78 is 32.7. The Bertz CT molecular complexity index is 1350. The summed E-state index contributed by atoms with van der Waals surface area (Å²) in [6.07, 6.45) is 4.81. The molecule has 1 aliphatic rings. The van der Waals surface area contributed by atoms with E-state index in [0.717, 1.165) is 19.4 Å². The first-order chi connectivity index (χ1) is 19.8. The van der Waals surface area contributed by atoms with Gasteiger partial charge in [0, 0.05) is 30.9 Å². The Balaban J connectivity index is 1.45. The second kappa shape index (κ2) is 13.9. The van der Waals surface area contributed by atoms with Crippen molar-refractivity contribution in [3.05, 3.63) is 102 Å². The van der Waals surface area contributed by atoms with Crippen molar-refractivity contribution in [2.24, 2.45) is 10.9 Å². The molecule has 0 radical (unpaired) electrons. The van der Waals surface area contributed by atoms with Gasteiger partial charge in [0.1, 0.15) is 23.1 Å². The van der Waals surface area contributed by atoms with Crippen molar-refractivity contribution >= 4 is 17.9 Å². The van der Waals surface area contributed by atoms with Gasteiger partial charge in [-0.05, 0) is 86.0 Å². The number of carbonyl (C=O) groups excluding carboxylic acids is 1. The van der Waals surface area contributed by atoms with E-state index in [1.807, 2.05) is 4.90 Å². The van der Waals surface area contributed by atoms with Gasteiger partial charge in [-0.2, -0.15) is 0 Å². The fourth-order valence-corrected chi connectivity index (χ4v) is 5.06. The number of aliphatic hydroxyl groups excluding tert-OH is 1. The van der Waals surface area contributed by atoms with E-state index in [2.05, 4.69) is 11.6 Å². The maximum Gasteiger partial charge on any atom is 0.233 e. The highest BCUT2D eigenvalue weighted by atomic mass is 19.1. The average Bonchev–Trinajstić information content (AvgIpc) is 2.97. The van der Waals surface area contributed by atoms with Gasteiger partial charge in [-0.25, -0.2) is 8.78 Å². The molecule has 1 aliphatic heterocycles. The lowest BCUT2D eigenvalue weighted by molar-refractivity contribution is -0.131. The molecule has 3 aromatic rings. The number of β-lactam (4-membered cyclic amide) rings is 1. The molecule has 0 aromatic heterocycles. The Kier molecular flexibility index (Phi) is 10.1. The number of hydrogen-bond donors (Lipinski definition) is 2. The van der Waals surface area contributed by atoms with Crippen molar-refractivity contribution in [3.8, 4) is 11.5 Å². The van der Waals surface area contributed by atoms with Crippen LogP contribution in [0.1, 0.15) is 49.0 Å². The molecule has 4 rings (SSSR count). The van der Waals surface area contributed by atoms with Gasteiger partial charge in [0.05, 0.1) is 31.0 Å². The van der Waals surface area contributed by atoms with Gasteiger partial charge in [-0.1, -0.05) is 18.7 Å². The summed E-state index contributed by atoms with van der Waals surface area (Å²) in [6, 6.07) is 15.7. The average molecular weight is 564 g/mol. The molecule has 1 amide bonds. The number of ether oxygens (including phenoxy) is 1. The SMILES string of the molecule is C=CN(C=NC)CCCCOc1ccc([C@@H]2C(CC[C@H](O)c3ccc(F)cc3)C(=O)N2c2ccc(F)cc2)c(O)c1. The third kappa shape index (κ3) is 7.29. The summed E-state index contributed by atoms with van der Waals surface area (Å²) in [7, 11) is 1.70. The topological polar surface area (TPSA) is 85.6 Å². The number of unbranched alkanes of at least 4 members (excludes halogenated alkanes) is 1. The fourth-order valence-electron chi connectivity index (χ4n) is 5.06. The van der Waals surface area contributed by atoms with Crippen LogP contribution in [0.4, 0.5) is 14.5 Å². The number of carbonyl (C=O) groups is 1. The van der Waals surface area contributed by atoms with Gasteiger partial charge in [-0.15, -0.1) is 0 Å². The van der Waals surface area contributed by atoms with Crippen LogP contribution in [0.5, 0.6) is 11.5 Å². The van der Waals surface area contributed by atoms with Crippen LogP contribution in [-0.2, 0) is 4.79 Å². The number of amides is 1. The van der Waals surface area contributed by atoms with E-state index >= 15 is 0 Å². The number of anilines is 1. The fraction of sp³-hybridized carbons (Fsp3) is 0.312. The minimum atomic E-state index is -0.874. The minimum absolute atomic E-state index is 0.0202. The van der Waals surface area contributed by atoms with Gasteiger partial charge in [0.25, 0.3) is 0 Å². The molecule has 0 bridgehead atoms. The predicted octanol–water partition coefficient (Wildman–Crippen LogP) is 6.15. The molecule has 3 aromatic carbocycles. The van der Waals surface area contributed by atoms with Crippen molar-refractivity contribution in [2.75, 3.05) is 25.1 Å². The number of aromatic hydroxyl groups is 1. The number of benzene rings is 3. The van der Waals surface area contributed by atoms with Gasteiger partial charge < -0.3 is 24.7 Å². The van der Waals surface area contributed by atoms with E-state index in [1.54, 1.807) is 31.7 Å². The van der Waals surface area contributed by atoms with Gasteiger partial charge in [-0.3, -0.25) is 9.79 Å². The van der Waals surface area contributed by atoms with Crippen LogP contribution < -0.4 is 9.64 Å². The molecule has 0 spiro atoms. The number of nitrogens with zero attached hydrogens (tertiary/aromatic N) is 3. The van der Waals surface area contributed by atoms with Crippen molar-refractivity contribution in [3.63, 3.8) is 0 Å². The van der Waals surface area contributed by atoms with Gasteiger partial charge >= 0.3 is 0 Å². The highest BCUT2D eigenvalue weighted by Crippen LogP contribution is 2.49. The van der Waals surface area contributed by atoms with Crippen molar-refractivity contribution < 1.29 is 28.5 Å². The standard InChI is InChI=1S/C32H35F2N3O4/c1-3-36(21-35-2)18-4-5-19-41-26-14-15-27(30(39)20-26)31-28(16-17-29(38)22-6-8-23(33)9-7-22)32(40)37(31)25-12-10-24(34)11-13-25/h3,6-15,20-21,28-29,31,38-39H,1,4-5,16-19H2,2H3/t28?,29-,31+/m0/s1. The van der Waals surface area contributed by atoms with E-state index in [1.165, 1.54) is 59.5 Å². The second-order valence-corrected chi connectivity index (χ2v) is 9.95. The van der Waals surface area contributed by atoms with Crippen molar-refractivity contribution in [2.45, 2.75) is 37.8 Å². The number of aliphatic hydroxyl groups is 1. The largest absolute Gasteiger partial charge is 0.507 e. The molecule has 0 saturated carbocycles. The first kappa shape index (κ1) is 29.7. The quantitative estimate of drug-likeness (QED) is 0.106. The first-order valence-corrected chi connectivity index (χ1v) is 13.6. The summed E-state index contributed by atoms with van der Waals surface area (Å²) >= 11 is 0. The smallest absolute Gasteiger partial charge is 0.233 e. The lowest BCUT2D eigenvalue weighted by atomic mass is 9.78. The van der Waals surface area contributed by atoms with E-state index in [4.69, 9.17) is 4.74 Å². The number of hydrogen-bond acceptors (Lipinski definition) is 5. The van der Waals surface area contributed by atoms with Crippen LogP contribution in [0.2, 0.25) is 0 Å². The summed E-state index contributed by atoms with van der Waals surface area (Å²) in [5, 5.41) is 21.6. The van der Waals surface area contributed by atoms with Crippen molar-refractivity contribution in [1.29, 1.82) is 0 Å². The summed E-state index contributed by atoms with van der Waals surface area (Å²) in [4.78, 5) is 20.7. The van der Waals surface area contributed by atoms with Crippen LogP contribution in [0.3, 0.4) is 0 Å². The molecule has 1 saturated heterocycles. The Morgan fingerprint density at radius 3 is 2.39 bits per heavy atom. The van der Waals surface area contributed by atoms with Crippen LogP contribution in [0.15, 0.2) is 84.5 Å². The molecule has 3 atom stereocenters. The van der Waals surface area contributed by atoms with Gasteiger partial charge in [0.2, 0.25) is 5.91 Å². The third-order valence-electron chi connectivity index (χ3n) is 7.22. The van der Waals surface area contributed by atoms with Crippen LogP contribution >= 0.6 is 0 Å². The molecule has 0 aliphatic carbocycles. The minimum Gasteiger partial charge on any atom is -0.507 e. The van der Waals surface area contributed by atoms with E-state index in [0.29, 0.717) is 35.6 Å². The second-order valence-electron chi connectivity index (χ2n) is 9.95. The van der Waals surface area contributed by atoms with E-state index < -0.39 is 29.7 Å². The molecular formula is C32H35F2N3O4. The summed E-state index contributed by atoms with van der Waals surface area (Å²) in [5.41, 5.74) is 1.60. The molecule has 2 N–H and O–H groups in total. The van der Waals surface area contributed by atoms with Gasteiger partial charge in [0.15, 0.2) is 0 Å².